The van der Waals surface area contributed by atoms with Crippen LogP contribution in [0.5, 0.6) is 0 Å². The number of fused-ring (bicyclic) bond motifs is 1. The van der Waals surface area contributed by atoms with Crippen LogP contribution in [0.1, 0.15) is 41.5 Å². The molecule has 1 N–H and O–H groups in total. The van der Waals surface area contributed by atoms with Gasteiger partial charge < -0.3 is 9.84 Å². The number of aromatic carboxylic acids is 1. The second-order valence-electron chi connectivity index (χ2n) is 6.96. The van der Waals surface area contributed by atoms with Crippen molar-refractivity contribution < 1.29 is 19.4 Å². The van der Waals surface area contributed by atoms with Crippen LogP contribution in [0.4, 0.5) is 0 Å². The van der Waals surface area contributed by atoms with Crippen LogP contribution in [0.3, 0.4) is 0 Å². The van der Waals surface area contributed by atoms with Crippen molar-refractivity contribution in [1.29, 1.82) is 0 Å². The van der Waals surface area contributed by atoms with E-state index in [-0.39, 0.29) is 5.56 Å². The molecule has 0 spiro atoms. The number of esters is 1. The van der Waals surface area contributed by atoms with Gasteiger partial charge in [0.2, 0.25) is 0 Å². The van der Waals surface area contributed by atoms with Crippen LogP contribution in [0.2, 0.25) is 0 Å². The van der Waals surface area contributed by atoms with Gasteiger partial charge in [-0.1, -0.05) is 30.3 Å². The van der Waals surface area contributed by atoms with Gasteiger partial charge in [-0.15, -0.1) is 0 Å². The predicted molar refractivity (Wildman–Crippen MR) is 99.3 cm³/mol. The molecule has 0 fully saturated rings. The van der Waals surface area contributed by atoms with Crippen LogP contribution in [0, 0.1) is 0 Å². The molecule has 0 aliphatic heterocycles. The molecule has 1 aromatic heterocycles. The molecule has 0 aliphatic carbocycles. The molecule has 0 saturated carbocycles. The fraction of sp³-hybridized carbons (Fsp3) is 0.190. The summed E-state index contributed by atoms with van der Waals surface area (Å²) < 4.78 is 5.39. The van der Waals surface area contributed by atoms with Crippen LogP contribution < -0.4 is 0 Å². The van der Waals surface area contributed by atoms with E-state index in [9.17, 15) is 14.7 Å². The van der Waals surface area contributed by atoms with Gasteiger partial charge in [0.15, 0.2) is 0 Å². The Hall–Kier alpha value is -3.21. The minimum Gasteiger partial charge on any atom is -0.478 e. The van der Waals surface area contributed by atoms with Crippen LogP contribution in [0.25, 0.3) is 22.2 Å². The van der Waals surface area contributed by atoms with Crippen molar-refractivity contribution >= 4 is 22.8 Å². The third-order valence-corrected chi connectivity index (χ3v) is 3.74. The Kier molecular flexibility index (Phi) is 4.47. The first-order valence-electron chi connectivity index (χ1n) is 8.21. The van der Waals surface area contributed by atoms with E-state index in [1.165, 1.54) is 6.07 Å². The van der Waals surface area contributed by atoms with Gasteiger partial charge in [0, 0.05) is 10.9 Å². The SMILES string of the molecule is CC(C)(C)OC(=O)c1cccc(-c2cc(C(=O)O)c3ccccc3n2)c1. The number of ether oxygens (including phenoxy) is 1. The Morgan fingerprint density at radius 3 is 2.42 bits per heavy atom. The predicted octanol–water partition coefficient (Wildman–Crippen LogP) is 4.56. The first-order valence-corrected chi connectivity index (χ1v) is 8.21. The van der Waals surface area contributed by atoms with E-state index in [4.69, 9.17) is 4.74 Å². The van der Waals surface area contributed by atoms with E-state index in [2.05, 4.69) is 4.98 Å². The molecule has 0 bridgehead atoms. The second kappa shape index (κ2) is 6.59. The first-order chi connectivity index (χ1) is 12.2. The summed E-state index contributed by atoms with van der Waals surface area (Å²) >= 11 is 0. The Morgan fingerprint density at radius 2 is 1.73 bits per heavy atom. The van der Waals surface area contributed by atoms with Crippen molar-refractivity contribution in [3.8, 4) is 11.3 Å². The summed E-state index contributed by atoms with van der Waals surface area (Å²) in [6.07, 6.45) is 0. The van der Waals surface area contributed by atoms with Crippen molar-refractivity contribution in [1.82, 2.24) is 4.98 Å². The molecule has 5 nitrogen and oxygen atoms in total. The number of aromatic nitrogens is 1. The molecule has 132 valence electrons. The molecule has 5 heteroatoms. The zero-order chi connectivity index (χ0) is 18.9. The molecule has 0 amide bonds. The Labute approximate surface area is 151 Å². The number of nitrogens with zero attached hydrogens (tertiary/aromatic N) is 1. The number of pyridine rings is 1. The minimum atomic E-state index is -1.02. The Bertz CT molecular complexity index is 1000. The lowest BCUT2D eigenvalue weighted by molar-refractivity contribution is 0.00693. The molecule has 1 heterocycles. The van der Waals surface area contributed by atoms with Gasteiger partial charge in [0.1, 0.15) is 5.60 Å². The van der Waals surface area contributed by atoms with Gasteiger partial charge in [-0.3, -0.25) is 0 Å². The minimum absolute atomic E-state index is 0.174. The smallest absolute Gasteiger partial charge is 0.338 e. The highest BCUT2D eigenvalue weighted by Crippen LogP contribution is 2.26. The number of carboxylic acids is 1. The average molecular weight is 349 g/mol. The van der Waals surface area contributed by atoms with Crippen LogP contribution >= 0.6 is 0 Å². The molecule has 2 aromatic carbocycles. The summed E-state index contributed by atoms with van der Waals surface area (Å²) in [4.78, 5) is 28.5. The molecule has 3 rings (SSSR count). The van der Waals surface area contributed by atoms with Gasteiger partial charge in [-0.05, 0) is 45.0 Å². The fourth-order valence-corrected chi connectivity index (χ4v) is 2.64. The number of hydrogen-bond donors (Lipinski definition) is 1. The molecule has 0 aliphatic rings. The van der Waals surface area contributed by atoms with E-state index < -0.39 is 17.5 Å². The number of carboxylic acid groups (broad SMARTS) is 1. The van der Waals surface area contributed by atoms with Crippen molar-refractivity contribution in [2.45, 2.75) is 26.4 Å². The highest BCUT2D eigenvalue weighted by Gasteiger charge is 2.19. The van der Waals surface area contributed by atoms with Crippen LogP contribution in [-0.2, 0) is 4.74 Å². The molecule has 0 saturated heterocycles. The molecule has 0 radical (unpaired) electrons. The summed E-state index contributed by atoms with van der Waals surface area (Å²) in [7, 11) is 0. The van der Waals surface area contributed by atoms with Crippen molar-refractivity contribution in [2.75, 3.05) is 0 Å². The topological polar surface area (TPSA) is 76.5 Å². The number of carbonyl (C=O) groups excluding carboxylic acids is 1. The van der Waals surface area contributed by atoms with Gasteiger partial charge in [-0.25, -0.2) is 14.6 Å². The number of para-hydroxylation sites is 1. The standard InChI is InChI=1S/C21H19NO4/c1-21(2,3)26-20(25)14-8-6-7-13(11-14)18-12-16(19(23)24)15-9-4-5-10-17(15)22-18/h4-12H,1-3H3,(H,23,24). The van der Waals surface area contributed by atoms with Crippen molar-refractivity contribution in [3.05, 3.63) is 65.7 Å². The van der Waals surface area contributed by atoms with Gasteiger partial charge in [-0.2, -0.15) is 0 Å². The number of hydrogen-bond acceptors (Lipinski definition) is 4. The van der Waals surface area contributed by atoms with Gasteiger partial charge in [0.25, 0.3) is 0 Å². The maximum atomic E-state index is 12.3. The largest absolute Gasteiger partial charge is 0.478 e. The normalized spacial score (nSPS) is 11.3. The van der Waals surface area contributed by atoms with Crippen molar-refractivity contribution in [2.24, 2.45) is 0 Å². The maximum absolute atomic E-state index is 12.3. The zero-order valence-electron chi connectivity index (χ0n) is 14.8. The lowest BCUT2D eigenvalue weighted by atomic mass is 10.0. The van der Waals surface area contributed by atoms with E-state index in [0.29, 0.717) is 27.7 Å². The average Bonchev–Trinajstić information content (AvgIpc) is 2.59. The summed E-state index contributed by atoms with van der Waals surface area (Å²) in [5, 5.41) is 10.1. The van der Waals surface area contributed by atoms with Crippen molar-refractivity contribution in [3.63, 3.8) is 0 Å². The molecule has 0 unspecified atom stereocenters. The Balaban J connectivity index is 2.08. The van der Waals surface area contributed by atoms with Crippen LogP contribution in [0.15, 0.2) is 54.6 Å². The number of rotatable bonds is 3. The quantitative estimate of drug-likeness (QED) is 0.702. The van der Waals surface area contributed by atoms with E-state index in [1.54, 1.807) is 63.2 Å². The molecule has 3 aromatic rings. The molecular formula is C21H19NO4. The maximum Gasteiger partial charge on any atom is 0.338 e. The molecular weight excluding hydrogens is 330 g/mol. The summed E-state index contributed by atoms with van der Waals surface area (Å²) in [5.41, 5.74) is 1.71. The highest BCUT2D eigenvalue weighted by atomic mass is 16.6. The third-order valence-electron chi connectivity index (χ3n) is 3.74. The lowest BCUT2D eigenvalue weighted by Gasteiger charge is -2.19. The zero-order valence-corrected chi connectivity index (χ0v) is 14.8. The van der Waals surface area contributed by atoms with E-state index in [0.717, 1.165) is 0 Å². The van der Waals surface area contributed by atoms with Crippen LogP contribution in [-0.4, -0.2) is 27.6 Å². The van der Waals surface area contributed by atoms with E-state index >= 15 is 0 Å². The summed E-state index contributed by atoms with van der Waals surface area (Å²) in [6.45, 7) is 5.41. The van der Waals surface area contributed by atoms with Gasteiger partial charge in [0.05, 0.1) is 22.3 Å². The highest BCUT2D eigenvalue weighted by molar-refractivity contribution is 6.03. The Morgan fingerprint density at radius 1 is 1.00 bits per heavy atom. The summed E-state index contributed by atoms with van der Waals surface area (Å²) in [6, 6.07) is 15.5. The monoisotopic (exact) mass is 349 g/mol. The number of carbonyl (C=O) groups is 2. The molecule has 26 heavy (non-hydrogen) atoms. The fourth-order valence-electron chi connectivity index (χ4n) is 2.64. The van der Waals surface area contributed by atoms with Gasteiger partial charge >= 0.3 is 11.9 Å². The first kappa shape index (κ1) is 17.6. The molecule has 0 atom stereocenters. The number of benzene rings is 2. The van der Waals surface area contributed by atoms with E-state index in [1.807, 2.05) is 6.07 Å². The second-order valence-corrected chi connectivity index (χ2v) is 6.96. The lowest BCUT2D eigenvalue weighted by Crippen LogP contribution is -2.23. The summed E-state index contributed by atoms with van der Waals surface area (Å²) in [5.74, 6) is -1.45. The third kappa shape index (κ3) is 3.72.